The lowest BCUT2D eigenvalue weighted by Crippen LogP contribution is -2.57. The van der Waals surface area contributed by atoms with E-state index in [0.29, 0.717) is 11.1 Å². The summed E-state index contributed by atoms with van der Waals surface area (Å²) >= 11 is 0. The molecule has 2 aliphatic heterocycles. The number of halogens is 1. The second kappa shape index (κ2) is 11.8. The molecule has 2 saturated carbocycles. The lowest BCUT2D eigenvalue weighted by molar-refractivity contribution is -0.147. The van der Waals surface area contributed by atoms with Crippen LogP contribution in [-0.2, 0) is 41.8 Å². The fraction of sp³-hybridized carbons (Fsp3) is 0.552. The van der Waals surface area contributed by atoms with Crippen LogP contribution in [0.25, 0.3) is 0 Å². The number of hydroxylamine groups is 1. The molecule has 1 saturated heterocycles. The molecule has 0 aromatic heterocycles. The van der Waals surface area contributed by atoms with Gasteiger partial charge in [-0.25, -0.2) is 18.8 Å². The first-order valence-electron chi connectivity index (χ1n) is 14.3. The normalized spacial score (nSPS) is 26.4. The summed E-state index contributed by atoms with van der Waals surface area (Å²) in [5.74, 6) is -3.91. The molecule has 2 aliphatic carbocycles. The number of likely N-dealkylation sites (tertiary alicyclic amines) is 1. The van der Waals surface area contributed by atoms with Gasteiger partial charge in [0.2, 0.25) is 11.8 Å². The molecule has 3 N–H and O–H groups in total. The lowest BCUT2D eigenvalue weighted by Gasteiger charge is -2.30. The highest BCUT2D eigenvalue weighted by molar-refractivity contribution is 5.95. The number of carbonyl (C=O) groups excluding carboxylic acids is 4. The predicted octanol–water partition coefficient (Wildman–Crippen LogP) is 2.24. The monoisotopic (exact) mass is 602 g/mol. The van der Waals surface area contributed by atoms with Crippen LogP contribution in [0, 0.1) is 17.7 Å². The lowest BCUT2D eigenvalue weighted by atomic mass is 10.0. The fourth-order valence-electron chi connectivity index (χ4n) is 5.53. The molecule has 1 aromatic carbocycles. The van der Waals surface area contributed by atoms with Crippen LogP contribution in [0.5, 0.6) is 0 Å². The Morgan fingerprint density at radius 3 is 2.49 bits per heavy atom. The minimum Gasteiger partial charge on any atom is -0.479 e. The third-order valence-electron chi connectivity index (χ3n) is 8.32. The van der Waals surface area contributed by atoms with Crippen molar-refractivity contribution in [3.8, 4) is 0 Å². The van der Waals surface area contributed by atoms with Gasteiger partial charge in [0.1, 0.15) is 35.6 Å². The van der Waals surface area contributed by atoms with Gasteiger partial charge in [-0.1, -0.05) is 32.1 Å². The molecule has 3 amide bonds. The van der Waals surface area contributed by atoms with Gasteiger partial charge >= 0.3 is 18.2 Å². The summed E-state index contributed by atoms with van der Waals surface area (Å²) in [7, 11) is 0. The van der Waals surface area contributed by atoms with Crippen molar-refractivity contribution in [1.29, 1.82) is 0 Å². The fourth-order valence-corrected chi connectivity index (χ4v) is 5.53. The van der Waals surface area contributed by atoms with Crippen LogP contribution in [0.15, 0.2) is 30.9 Å². The molecule has 13 nitrogen and oxygen atoms in total. The van der Waals surface area contributed by atoms with Gasteiger partial charge in [0.15, 0.2) is 0 Å². The maximum Gasteiger partial charge on any atom is 0.528 e. The molecule has 2 heterocycles. The smallest absolute Gasteiger partial charge is 0.479 e. The van der Waals surface area contributed by atoms with Gasteiger partial charge in [-0.05, 0) is 36.8 Å². The van der Waals surface area contributed by atoms with E-state index in [9.17, 15) is 33.5 Å². The first-order valence-corrected chi connectivity index (χ1v) is 14.3. The largest absolute Gasteiger partial charge is 0.528 e. The molecule has 5 atom stereocenters. The maximum atomic E-state index is 14.2. The average Bonchev–Trinajstić information content (AvgIpc) is 3.80. The number of ether oxygens (including phenoxy) is 2. The molecule has 2 unspecified atom stereocenters. The van der Waals surface area contributed by atoms with Crippen LogP contribution >= 0.6 is 0 Å². The molecule has 3 fully saturated rings. The Balaban J connectivity index is 1.30. The molecule has 0 spiro atoms. The number of nitrogens with zero attached hydrogens (tertiary/aromatic N) is 2. The predicted molar refractivity (Wildman–Crippen MR) is 145 cm³/mol. The number of aliphatic carboxylic acids is 1. The molecule has 5 rings (SSSR count). The quantitative estimate of drug-likeness (QED) is 0.206. The molecule has 4 aliphatic rings. The summed E-state index contributed by atoms with van der Waals surface area (Å²) < 4.78 is 24.9. The number of fused-ring (bicyclic) bond motifs is 1. The first kappa shape index (κ1) is 30.3. The Kier molecular flexibility index (Phi) is 8.32. The van der Waals surface area contributed by atoms with Crippen molar-refractivity contribution in [1.82, 2.24) is 20.6 Å². The summed E-state index contributed by atoms with van der Waals surface area (Å²) in [6.07, 6.45) is 0.0821. The van der Waals surface area contributed by atoms with Gasteiger partial charge in [0, 0.05) is 24.4 Å². The second-order valence-electron chi connectivity index (χ2n) is 11.8. The van der Waals surface area contributed by atoms with Gasteiger partial charge in [0.05, 0.1) is 13.1 Å². The van der Waals surface area contributed by atoms with E-state index in [-0.39, 0.29) is 38.6 Å². The van der Waals surface area contributed by atoms with Crippen LogP contribution in [0.4, 0.5) is 14.0 Å². The van der Waals surface area contributed by atoms with Gasteiger partial charge in [-0.15, -0.1) is 12.1 Å². The van der Waals surface area contributed by atoms with E-state index < -0.39 is 71.4 Å². The zero-order valence-corrected chi connectivity index (χ0v) is 23.9. The molecule has 14 heteroatoms. The van der Waals surface area contributed by atoms with Crippen molar-refractivity contribution in [2.24, 2.45) is 11.8 Å². The Bertz CT molecular complexity index is 1330. The number of carboxylic acid groups (broad SMARTS) is 1. The Morgan fingerprint density at radius 1 is 1.14 bits per heavy atom. The molecule has 0 bridgehead atoms. The van der Waals surface area contributed by atoms with Crippen molar-refractivity contribution in [3.05, 3.63) is 47.8 Å². The van der Waals surface area contributed by atoms with Crippen molar-refractivity contribution >= 4 is 30.0 Å². The Morgan fingerprint density at radius 2 is 1.88 bits per heavy atom. The number of rotatable bonds is 10. The second-order valence-corrected chi connectivity index (χ2v) is 11.8. The van der Waals surface area contributed by atoms with Gasteiger partial charge in [-0.3, -0.25) is 14.5 Å². The van der Waals surface area contributed by atoms with Gasteiger partial charge in [0.25, 0.3) is 0 Å². The van der Waals surface area contributed by atoms with Gasteiger partial charge < -0.3 is 29.6 Å². The third-order valence-corrected chi connectivity index (χ3v) is 8.32. The van der Waals surface area contributed by atoms with Crippen LogP contribution in [-0.4, -0.2) is 81.3 Å². The third kappa shape index (κ3) is 6.28. The SMILES string of the molecule is C=C[C@@H]1CC1(NC(=O)[C@@H]1C[C@@H](OC(=O)N2Cc3cccc(F)c3C2)CN1C(=O)C(NOC(=O)OC1CC1)C(C)C)C(=O)O. The highest BCUT2D eigenvalue weighted by Crippen LogP contribution is 2.45. The van der Waals surface area contributed by atoms with Crippen LogP contribution < -0.4 is 10.8 Å². The maximum absolute atomic E-state index is 14.2. The summed E-state index contributed by atoms with van der Waals surface area (Å²) in [5.41, 5.74) is 1.95. The number of carboxylic acids is 1. The molecule has 43 heavy (non-hydrogen) atoms. The number of hydrogen-bond donors (Lipinski definition) is 3. The molecule has 232 valence electrons. The van der Waals surface area contributed by atoms with E-state index in [1.165, 1.54) is 21.9 Å². The van der Waals surface area contributed by atoms with E-state index in [4.69, 9.17) is 14.3 Å². The zero-order valence-electron chi connectivity index (χ0n) is 23.9. The summed E-state index contributed by atoms with van der Waals surface area (Å²) in [6.45, 7) is 7.01. The van der Waals surface area contributed by atoms with Crippen LogP contribution in [0.1, 0.15) is 50.7 Å². The van der Waals surface area contributed by atoms with E-state index in [0.717, 1.165) is 12.8 Å². The van der Waals surface area contributed by atoms with Crippen molar-refractivity contribution in [2.75, 3.05) is 6.54 Å². The number of carbonyl (C=O) groups is 5. The summed E-state index contributed by atoms with van der Waals surface area (Å²) in [6, 6.07) is 2.30. The molecule has 1 aromatic rings. The van der Waals surface area contributed by atoms with Crippen molar-refractivity contribution < 1.29 is 47.8 Å². The highest BCUT2D eigenvalue weighted by atomic mass is 19.1. The van der Waals surface area contributed by atoms with E-state index in [1.54, 1.807) is 26.0 Å². The molecular formula is C29H35FN4O9. The number of amides is 3. The topological polar surface area (TPSA) is 164 Å². The summed E-state index contributed by atoms with van der Waals surface area (Å²) in [5, 5.41) is 12.4. The Labute approximate surface area is 247 Å². The van der Waals surface area contributed by atoms with E-state index in [1.807, 2.05) is 0 Å². The zero-order chi connectivity index (χ0) is 31.1. The first-order chi connectivity index (χ1) is 20.4. The van der Waals surface area contributed by atoms with Crippen LogP contribution in [0.2, 0.25) is 0 Å². The number of benzene rings is 1. The van der Waals surface area contributed by atoms with Crippen LogP contribution in [0.3, 0.4) is 0 Å². The highest BCUT2D eigenvalue weighted by Gasteiger charge is 2.61. The van der Waals surface area contributed by atoms with Crippen molar-refractivity contribution in [3.63, 3.8) is 0 Å². The minimum absolute atomic E-state index is 0.0117. The van der Waals surface area contributed by atoms with E-state index in [2.05, 4.69) is 17.4 Å². The minimum atomic E-state index is -1.54. The Hall–Kier alpha value is -4.20. The van der Waals surface area contributed by atoms with E-state index >= 15 is 0 Å². The summed E-state index contributed by atoms with van der Waals surface area (Å²) in [4.78, 5) is 71.8. The van der Waals surface area contributed by atoms with Crippen molar-refractivity contribution in [2.45, 2.75) is 82.5 Å². The van der Waals surface area contributed by atoms with Gasteiger partial charge in [-0.2, -0.15) is 0 Å². The standard InChI is InChI=1S/C29H35FN4O9/c1-4-17-11-29(17,26(37)38)31-24(35)22-10-19(41-27(39)33-12-16-6-5-7-21(30)20(16)14-33)13-34(22)25(36)23(15(2)3)32-43-28(40)42-18-8-9-18/h4-7,15,17-19,22-23,32H,1,8-14H2,2-3H3,(H,31,35)(H,37,38)/t17-,19-,22+,23?,29?/m1/s1. The average molecular weight is 603 g/mol. The number of hydrogen-bond acceptors (Lipinski definition) is 9. The molecule has 0 radical (unpaired) electrons. The number of nitrogens with one attached hydrogen (secondary N) is 2. The molecular weight excluding hydrogens is 567 g/mol.